The average Bonchev–Trinajstić information content (AvgIpc) is 2.45. The van der Waals surface area contributed by atoms with Crippen LogP contribution in [-0.4, -0.2) is 54.2 Å². The molecule has 0 saturated carbocycles. The van der Waals surface area contributed by atoms with Crippen LogP contribution >= 0.6 is 15.9 Å². The number of carbonyl (C=O) groups is 1. The minimum absolute atomic E-state index is 0.194. The summed E-state index contributed by atoms with van der Waals surface area (Å²) in [4.78, 5) is 16.2. The highest BCUT2D eigenvalue weighted by atomic mass is 79.9. The Morgan fingerprint density at radius 3 is 2.27 bits per heavy atom. The van der Waals surface area contributed by atoms with Crippen molar-refractivity contribution in [1.29, 1.82) is 0 Å². The predicted molar refractivity (Wildman–Crippen MR) is 92.1 cm³/mol. The second kappa shape index (κ2) is 7.47. The summed E-state index contributed by atoms with van der Waals surface area (Å²) in [5.74, 6) is 0. The summed E-state index contributed by atoms with van der Waals surface area (Å²) in [6.07, 6.45) is 0.847. The zero-order valence-corrected chi connectivity index (χ0v) is 15.2. The summed E-state index contributed by atoms with van der Waals surface area (Å²) in [5.41, 5.74) is 0.924. The van der Waals surface area contributed by atoms with Crippen LogP contribution in [0.25, 0.3) is 0 Å². The molecule has 122 valence electrons. The minimum atomic E-state index is -0.421. The fourth-order valence-electron chi connectivity index (χ4n) is 2.42. The highest BCUT2D eigenvalue weighted by Gasteiger charge is 2.25. The standard InChI is InChI=1S/C17H25BrN2O2/c1-17(2,3)22-16(21)20-12-10-19(11-13-20)9-8-14-4-6-15(18)7-5-14/h4-7H,8-13H2,1-3H3. The van der Waals surface area contributed by atoms with Gasteiger partial charge in [0.25, 0.3) is 0 Å². The molecule has 1 fully saturated rings. The maximum absolute atomic E-state index is 12.0. The van der Waals surface area contributed by atoms with Gasteiger partial charge in [0.2, 0.25) is 0 Å². The average molecular weight is 369 g/mol. The Balaban J connectivity index is 1.73. The molecule has 0 radical (unpaired) electrons. The van der Waals surface area contributed by atoms with Crippen LogP contribution in [0, 0.1) is 0 Å². The first kappa shape index (κ1) is 17.3. The van der Waals surface area contributed by atoms with Gasteiger partial charge in [-0.05, 0) is 44.9 Å². The fourth-order valence-corrected chi connectivity index (χ4v) is 2.68. The number of nitrogens with zero attached hydrogens (tertiary/aromatic N) is 2. The molecule has 4 nitrogen and oxygen atoms in total. The molecule has 0 bridgehead atoms. The van der Waals surface area contributed by atoms with Gasteiger partial charge in [-0.2, -0.15) is 0 Å². The van der Waals surface area contributed by atoms with E-state index in [1.807, 2.05) is 20.8 Å². The van der Waals surface area contributed by atoms with E-state index in [1.54, 1.807) is 4.90 Å². The predicted octanol–water partition coefficient (Wildman–Crippen LogP) is 3.54. The SMILES string of the molecule is CC(C)(C)OC(=O)N1CCN(CCc2ccc(Br)cc2)CC1. The first-order chi connectivity index (χ1) is 10.3. The lowest BCUT2D eigenvalue weighted by atomic mass is 10.1. The van der Waals surface area contributed by atoms with Gasteiger partial charge in [-0.15, -0.1) is 0 Å². The molecular formula is C17H25BrN2O2. The van der Waals surface area contributed by atoms with Crippen molar-refractivity contribution < 1.29 is 9.53 Å². The fraction of sp³-hybridized carbons (Fsp3) is 0.588. The molecule has 0 atom stereocenters. The van der Waals surface area contributed by atoms with E-state index < -0.39 is 5.60 Å². The maximum atomic E-state index is 12.0. The Labute approximate surface area is 141 Å². The van der Waals surface area contributed by atoms with Crippen molar-refractivity contribution in [3.05, 3.63) is 34.3 Å². The topological polar surface area (TPSA) is 32.8 Å². The van der Waals surface area contributed by atoms with Crippen LogP contribution in [0.4, 0.5) is 4.79 Å². The second-order valence-electron chi connectivity index (χ2n) is 6.69. The molecule has 0 N–H and O–H groups in total. The number of benzene rings is 1. The normalized spacial score (nSPS) is 16.6. The van der Waals surface area contributed by atoms with Crippen LogP contribution in [0.5, 0.6) is 0 Å². The Kier molecular flexibility index (Phi) is 5.87. The molecule has 1 amide bonds. The minimum Gasteiger partial charge on any atom is -0.444 e. The highest BCUT2D eigenvalue weighted by molar-refractivity contribution is 9.10. The molecule has 0 spiro atoms. The molecule has 1 aromatic rings. The Bertz CT molecular complexity index is 488. The van der Waals surface area contributed by atoms with E-state index in [1.165, 1.54) is 5.56 Å². The van der Waals surface area contributed by atoms with Crippen LogP contribution in [0.2, 0.25) is 0 Å². The number of halogens is 1. The number of hydrogen-bond acceptors (Lipinski definition) is 3. The molecule has 1 aliphatic rings. The van der Waals surface area contributed by atoms with Crippen molar-refractivity contribution in [3.8, 4) is 0 Å². The van der Waals surface area contributed by atoms with Crippen LogP contribution in [0.3, 0.4) is 0 Å². The number of hydrogen-bond donors (Lipinski definition) is 0. The summed E-state index contributed by atoms with van der Waals surface area (Å²) in [6.45, 7) is 10.1. The van der Waals surface area contributed by atoms with Gasteiger partial charge in [0.05, 0.1) is 0 Å². The second-order valence-corrected chi connectivity index (χ2v) is 7.60. The smallest absolute Gasteiger partial charge is 0.410 e. The van der Waals surface area contributed by atoms with Gasteiger partial charge in [-0.25, -0.2) is 4.79 Å². The third-order valence-corrected chi connectivity index (χ3v) is 4.18. The van der Waals surface area contributed by atoms with Gasteiger partial charge in [-0.1, -0.05) is 28.1 Å². The summed E-state index contributed by atoms with van der Waals surface area (Å²) in [7, 11) is 0. The molecule has 22 heavy (non-hydrogen) atoms. The molecule has 1 aromatic carbocycles. The lowest BCUT2D eigenvalue weighted by Crippen LogP contribution is -2.50. The summed E-state index contributed by atoms with van der Waals surface area (Å²) in [5, 5.41) is 0. The molecular weight excluding hydrogens is 344 g/mol. The Hall–Kier alpha value is -1.07. The Morgan fingerprint density at radius 2 is 1.73 bits per heavy atom. The maximum Gasteiger partial charge on any atom is 0.410 e. The van der Waals surface area contributed by atoms with Crippen molar-refractivity contribution >= 4 is 22.0 Å². The van der Waals surface area contributed by atoms with E-state index in [9.17, 15) is 4.79 Å². The molecule has 1 heterocycles. The van der Waals surface area contributed by atoms with Gasteiger partial charge in [0.15, 0.2) is 0 Å². The highest BCUT2D eigenvalue weighted by Crippen LogP contribution is 2.13. The lowest BCUT2D eigenvalue weighted by Gasteiger charge is -2.35. The molecule has 5 heteroatoms. The molecule has 0 aromatic heterocycles. The number of ether oxygens (including phenoxy) is 1. The van der Waals surface area contributed by atoms with E-state index in [0.29, 0.717) is 0 Å². The van der Waals surface area contributed by atoms with Gasteiger partial charge < -0.3 is 9.64 Å². The lowest BCUT2D eigenvalue weighted by molar-refractivity contribution is 0.0146. The van der Waals surface area contributed by atoms with Crippen LogP contribution in [0.1, 0.15) is 26.3 Å². The molecule has 0 aliphatic carbocycles. The molecule has 0 unspecified atom stereocenters. The van der Waals surface area contributed by atoms with E-state index in [0.717, 1.165) is 43.6 Å². The third-order valence-electron chi connectivity index (χ3n) is 3.65. The van der Waals surface area contributed by atoms with E-state index >= 15 is 0 Å². The van der Waals surface area contributed by atoms with E-state index in [2.05, 4.69) is 45.1 Å². The van der Waals surface area contributed by atoms with Crippen molar-refractivity contribution in [3.63, 3.8) is 0 Å². The number of piperazine rings is 1. The number of rotatable bonds is 3. The zero-order valence-electron chi connectivity index (χ0n) is 13.6. The first-order valence-corrected chi connectivity index (χ1v) is 8.57. The van der Waals surface area contributed by atoms with Crippen molar-refractivity contribution in [2.24, 2.45) is 0 Å². The summed E-state index contributed by atoms with van der Waals surface area (Å²) < 4.78 is 6.53. The zero-order chi connectivity index (χ0) is 16.2. The van der Waals surface area contributed by atoms with Crippen molar-refractivity contribution in [2.45, 2.75) is 32.8 Å². The van der Waals surface area contributed by atoms with Crippen LogP contribution in [-0.2, 0) is 11.2 Å². The monoisotopic (exact) mass is 368 g/mol. The van der Waals surface area contributed by atoms with Crippen molar-refractivity contribution in [2.75, 3.05) is 32.7 Å². The van der Waals surface area contributed by atoms with Crippen molar-refractivity contribution in [1.82, 2.24) is 9.80 Å². The number of amides is 1. The van der Waals surface area contributed by atoms with Gasteiger partial charge in [0.1, 0.15) is 5.60 Å². The quantitative estimate of drug-likeness (QED) is 0.817. The van der Waals surface area contributed by atoms with E-state index in [4.69, 9.17) is 4.74 Å². The third kappa shape index (κ3) is 5.61. The van der Waals surface area contributed by atoms with Crippen LogP contribution < -0.4 is 0 Å². The number of carbonyl (C=O) groups excluding carboxylic acids is 1. The molecule has 1 saturated heterocycles. The first-order valence-electron chi connectivity index (χ1n) is 7.78. The van der Waals surface area contributed by atoms with Gasteiger partial charge in [-0.3, -0.25) is 4.90 Å². The summed E-state index contributed by atoms with van der Waals surface area (Å²) >= 11 is 3.45. The molecule has 1 aliphatic heterocycles. The largest absolute Gasteiger partial charge is 0.444 e. The molecule has 2 rings (SSSR count). The van der Waals surface area contributed by atoms with Gasteiger partial charge >= 0.3 is 6.09 Å². The summed E-state index contributed by atoms with van der Waals surface area (Å²) in [6, 6.07) is 8.47. The van der Waals surface area contributed by atoms with Gasteiger partial charge in [0, 0.05) is 37.2 Å². The van der Waals surface area contributed by atoms with E-state index in [-0.39, 0.29) is 6.09 Å². The Morgan fingerprint density at radius 1 is 1.14 bits per heavy atom. The van der Waals surface area contributed by atoms with Crippen LogP contribution in [0.15, 0.2) is 28.7 Å².